The molecule has 0 saturated heterocycles. The van der Waals surface area contributed by atoms with Gasteiger partial charge in [0.1, 0.15) is 5.82 Å². The number of H-pyrrole nitrogens is 1. The summed E-state index contributed by atoms with van der Waals surface area (Å²) in [6.07, 6.45) is 2.02. The van der Waals surface area contributed by atoms with Crippen LogP contribution in [0.15, 0.2) is 0 Å². The Labute approximate surface area is 66.2 Å². The van der Waals surface area contributed by atoms with Crippen LogP contribution in [0.3, 0.4) is 0 Å². The molecule has 1 heterocycles. The van der Waals surface area contributed by atoms with E-state index in [-0.39, 0.29) is 6.04 Å². The average Bonchev–Trinajstić information content (AvgIpc) is 2.37. The van der Waals surface area contributed by atoms with Gasteiger partial charge in [-0.15, -0.1) is 0 Å². The lowest BCUT2D eigenvalue weighted by Gasteiger charge is -1.94. The van der Waals surface area contributed by atoms with E-state index in [0.717, 1.165) is 18.7 Å². The molecule has 1 aromatic heterocycles. The van der Waals surface area contributed by atoms with E-state index >= 15 is 0 Å². The lowest BCUT2D eigenvalue weighted by atomic mass is 10.3. The Hall–Kier alpha value is -0.900. The van der Waals surface area contributed by atoms with Crippen LogP contribution in [0.5, 0.6) is 0 Å². The molecule has 0 radical (unpaired) electrons. The maximum absolute atomic E-state index is 5.58. The van der Waals surface area contributed by atoms with Gasteiger partial charge >= 0.3 is 0 Å². The van der Waals surface area contributed by atoms with Crippen LogP contribution < -0.4 is 5.73 Å². The fourth-order valence-electron chi connectivity index (χ4n) is 0.862. The first kappa shape index (κ1) is 8.20. The predicted octanol–water partition coefficient (Wildman–Crippen LogP) is 0.777. The van der Waals surface area contributed by atoms with Crippen LogP contribution in [0, 0.1) is 0 Å². The van der Waals surface area contributed by atoms with Crippen LogP contribution in [0.25, 0.3) is 0 Å². The van der Waals surface area contributed by atoms with E-state index in [1.54, 1.807) is 0 Å². The molecular weight excluding hydrogens is 140 g/mol. The fourth-order valence-corrected chi connectivity index (χ4v) is 0.862. The molecule has 1 rings (SSSR count). The number of hydrogen-bond donors (Lipinski definition) is 2. The van der Waals surface area contributed by atoms with Gasteiger partial charge in [0.25, 0.3) is 0 Å². The Kier molecular flexibility index (Phi) is 2.59. The van der Waals surface area contributed by atoms with Crippen LogP contribution in [0.1, 0.15) is 38.0 Å². The smallest absolute Gasteiger partial charge is 0.167 e. The Morgan fingerprint density at radius 3 is 2.82 bits per heavy atom. The van der Waals surface area contributed by atoms with Gasteiger partial charge in [-0.2, -0.15) is 5.10 Å². The number of hydrogen-bond acceptors (Lipinski definition) is 3. The molecule has 3 N–H and O–H groups in total. The molecule has 0 bridgehead atoms. The summed E-state index contributed by atoms with van der Waals surface area (Å²) in [6, 6.07) is -0.0724. The third-order valence-corrected chi connectivity index (χ3v) is 1.44. The minimum absolute atomic E-state index is 0.0724. The van der Waals surface area contributed by atoms with Crippen molar-refractivity contribution < 1.29 is 0 Å². The van der Waals surface area contributed by atoms with Crippen molar-refractivity contribution in [2.75, 3.05) is 0 Å². The molecule has 0 spiro atoms. The Morgan fingerprint density at radius 1 is 1.64 bits per heavy atom. The highest BCUT2D eigenvalue weighted by atomic mass is 15.2. The minimum atomic E-state index is -0.0724. The Bertz CT molecular complexity index is 216. The summed E-state index contributed by atoms with van der Waals surface area (Å²) >= 11 is 0. The van der Waals surface area contributed by atoms with Crippen LogP contribution >= 0.6 is 0 Å². The third kappa shape index (κ3) is 2.01. The zero-order valence-electron chi connectivity index (χ0n) is 6.96. The van der Waals surface area contributed by atoms with E-state index in [4.69, 9.17) is 5.73 Å². The number of aromatic amines is 1. The summed E-state index contributed by atoms with van der Waals surface area (Å²) in [5.74, 6) is 1.63. The van der Waals surface area contributed by atoms with Gasteiger partial charge < -0.3 is 5.73 Å². The largest absolute Gasteiger partial charge is 0.321 e. The van der Waals surface area contributed by atoms with Crippen molar-refractivity contribution in [1.29, 1.82) is 0 Å². The van der Waals surface area contributed by atoms with E-state index in [1.165, 1.54) is 0 Å². The second-order valence-corrected chi connectivity index (χ2v) is 2.68. The number of rotatable bonds is 3. The number of nitrogens with two attached hydrogens (primary N) is 1. The molecule has 4 heteroatoms. The van der Waals surface area contributed by atoms with Crippen molar-refractivity contribution in [1.82, 2.24) is 15.2 Å². The van der Waals surface area contributed by atoms with E-state index in [0.29, 0.717) is 5.82 Å². The van der Waals surface area contributed by atoms with Crippen molar-refractivity contribution >= 4 is 0 Å². The van der Waals surface area contributed by atoms with Crippen molar-refractivity contribution in [2.24, 2.45) is 5.73 Å². The summed E-state index contributed by atoms with van der Waals surface area (Å²) < 4.78 is 0. The summed E-state index contributed by atoms with van der Waals surface area (Å²) in [5, 5.41) is 6.82. The molecule has 0 aliphatic rings. The number of aryl methyl sites for hydroxylation is 1. The van der Waals surface area contributed by atoms with Gasteiger partial charge in [0.15, 0.2) is 5.82 Å². The van der Waals surface area contributed by atoms with Crippen molar-refractivity contribution in [3.8, 4) is 0 Å². The molecule has 62 valence electrons. The maximum Gasteiger partial charge on any atom is 0.167 e. The molecule has 0 saturated carbocycles. The summed E-state index contributed by atoms with van der Waals surface area (Å²) in [6.45, 7) is 3.98. The number of nitrogens with one attached hydrogen (secondary N) is 1. The predicted molar refractivity (Wildman–Crippen MR) is 43.0 cm³/mol. The first-order valence-electron chi connectivity index (χ1n) is 3.90. The van der Waals surface area contributed by atoms with Crippen LogP contribution in [0.2, 0.25) is 0 Å². The zero-order chi connectivity index (χ0) is 8.27. The molecule has 1 atom stereocenters. The molecule has 0 aliphatic carbocycles. The summed E-state index contributed by atoms with van der Waals surface area (Å²) in [4.78, 5) is 4.21. The fraction of sp³-hybridized carbons (Fsp3) is 0.714. The quantitative estimate of drug-likeness (QED) is 0.676. The maximum atomic E-state index is 5.58. The SMILES string of the molecule is CCCc1nc(C(C)N)n[nH]1. The lowest BCUT2D eigenvalue weighted by molar-refractivity contribution is 0.744. The Morgan fingerprint density at radius 2 is 2.36 bits per heavy atom. The monoisotopic (exact) mass is 154 g/mol. The number of nitrogens with zero attached hydrogens (tertiary/aromatic N) is 2. The van der Waals surface area contributed by atoms with Gasteiger partial charge in [-0.25, -0.2) is 4.98 Å². The van der Waals surface area contributed by atoms with Gasteiger partial charge in [-0.05, 0) is 13.3 Å². The highest BCUT2D eigenvalue weighted by Crippen LogP contribution is 2.02. The Balaban J connectivity index is 2.66. The highest BCUT2D eigenvalue weighted by Gasteiger charge is 2.05. The molecule has 0 fully saturated rings. The van der Waals surface area contributed by atoms with E-state index in [2.05, 4.69) is 22.1 Å². The molecule has 0 amide bonds. The molecule has 4 nitrogen and oxygen atoms in total. The zero-order valence-corrected chi connectivity index (χ0v) is 6.96. The van der Waals surface area contributed by atoms with Crippen molar-refractivity contribution in [2.45, 2.75) is 32.7 Å². The van der Waals surface area contributed by atoms with Gasteiger partial charge in [0.2, 0.25) is 0 Å². The third-order valence-electron chi connectivity index (χ3n) is 1.44. The van der Waals surface area contributed by atoms with Crippen LogP contribution in [-0.2, 0) is 6.42 Å². The second-order valence-electron chi connectivity index (χ2n) is 2.68. The van der Waals surface area contributed by atoms with Gasteiger partial charge in [0.05, 0.1) is 6.04 Å². The number of aromatic nitrogens is 3. The molecule has 0 aromatic carbocycles. The van der Waals surface area contributed by atoms with Crippen molar-refractivity contribution in [3.63, 3.8) is 0 Å². The molecule has 1 aromatic rings. The first-order valence-corrected chi connectivity index (χ1v) is 3.90. The van der Waals surface area contributed by atoms with Crippen molar-refractivity contribution in [3.05, 3.63) is 11.6 Å². The van der Waals surface area contributed by atoms with Crippen LogP contribution in [-0.4, -0.2) is 15.2 Å². The first-order chi connectivity index (χ1) is 5.24. The lowest BCUT2D eigenvalue weighted by Crippen LogP contribution is -2.06. The highest BCUT2D eigenvalue weighted by molar-refractivity contribution is 4.94. The molecule has 0 aliphatic heterocycles. The van der Waals surface area contributed by atoms with E-state index in [1.807, 2.05) is 6.92 Å². The normalized spacial score (nSPS) is 13.4. The van der Waals surface area contributed by atoms with Gasteiger partial charge in [-0.1, -0.05) is 6.92 Å². The van der Waals surface area contributed by atoms with Crippen LogP contribution in [0.4, 0.5) is 0 Å². The average molecular weight is 154 g/mol. The van der Waals surface area contributed by atoms with E-state index < -0.39 is 0 Å². The topological polar surface area (TPSA) is 67.6 Å². The second kappa shape index (κ2) is 3.48. The summed E-state index contributed by atoms with van der Waals surface area (Å²) in [5.41, 5.74) is 5.58. The molecule has 11 heavy (non-hydrogen) atoms. The van der Waals surface area contributed by atoms with Gasteiger partial charge in [0, 0.05) is 6.42 Å². The minimum Gasteiger partial charge on any atom is -0.321 e. The summed E-state index contributed by atoms with van der Waals surface area (Å²) in [7, 11) is 0. The van der Waals surface area contributed by atoms with E-state index in [9.17, 15) is 0 Å². The molecular formula is C7H14N4. The van der Waals surface area contributed by atoms with Gasteiger partial charge in [-0.3, -0.25) is 5.10 Å². The standard InChI is InChI=1S/C7H14N4/c1-3-4-6-9-7(5(2)8)11-10-6/h5H,3-4,8H2,1-2H3,(H,9,10,11). The molecule has 1 unspecified atom stereocenters.